The van der Waals surface area contributed by atoms with E-state index in [-0.39, 0.29) is 11.4 Å². The van der Waals surface area contributed by atoms with E-state index >= 15 is 0 Å². The number of aromatic nitrogens is 1. The maximum atomic E-state index is 12.5. The van der Waals surface area contributed by atoms with Crippen LogP contribution in [0.5, 0.6) is 0 Å². The lowest BCUT2D eigenvalue weighted by Gasteiger charge is -2.16. The fourth-order valence-electron chi connectivity index (χ4n) is 2.48. The molecule has 0 atom stereocenters. The number of nitrogens with one attached hydrogen (secondary N) is 1. The second-order valence-electron chi connectivity index (χ2n) is 6.06. The molecule has 1 amide bonds. The molecule has 0 spiro atoms. The summed E-state index contributed by atoms with van der Waals surface area (Å²) in [5.41, 5.74) is 1.15. The third-order valence-electron chi connectivity index (χ3n) is 3.91. The van der Waals surface area contributed by atoms with E-state index in [9.17, 15) is 13.2 Å². The Morgan fingerprint density at radius 2 is 1.82 bits per heavy atom. The predicted molar refractivity (Wildman–Crippen MR) is 111 cm³/mol. The van der Waals surface area contributed by atoms with Gasteiger partial charge in [0, 0.05) is 29.6 Å². The fourth-order valence-corrected chi connectivity index (χ4v) is 4.59. The van der Waals surface area contributed by atoms with Crippen LogP contribution in [0.3, 0.4) is 0 Å². The molecule has 1 N–H and O–H groups in total. The van der Waals surface area contributed by atoms with Crippen LogP contribution >= 0.6 is 22.9 Å². The van der Waals surface area contributed by atoms with Crippen molar-refractivity contribution in [2.45, 2.75) is 11.3 Å². The van der Waals surface area contributed by atoms with Crippen molar-refractivity contribution in [3.63, 3.8) is 0 Å². The number of thiazole rings is 1. The number of carbonyl (C=O) groups is 1. The van der Waals surface area contributed by atoms with Crippen molar-refractivity contribution in [1.82, 2.24) is 9.29 Å². The average molecular weight is 436 g/mol. The summed E-state index contributed by atoms with van der Waals surface area (Å²) in [7, 11) is -2.43. The number of hydrogen-bond acceptors (Lipinski definition) is 5. The Morgan fingerprint density at radius 1 is 1.14 bits per heavy atom. The highest BCUT2D eigenvalue weighted by molar-refractivity contribution is 7.89. The van der Waals surface area contributed by atoms with Gasteiger partial charge in [0.25, 0.3) is 0 Å². The normalized spacial score (nSPS) is 11.5. The van der Waals surface area contributed by atoms with Crippen LogP contribution in [0.25, 0.3) is 0 Å². The van der Waals surface area contributed by atoms with E-state index in [4.69, 9.17) is 11.6 Å². The first-order chi connectivity index (χ1) is 13.3. The molecule has 0 aliphatic carbocycles. The van der Waals surface area contributed by atoms with Gasteiger partial charge in [-0.3, -0.25) is 4.79 Å². The molecule has 9 heteroatoms. The Hall–Kier alpha value is -2.26. The Labute approximate surface area is 172 Å². The van der Waals surface area contributed by atoms with Gasteiger partial charge in [-0.05, 0) is 29.8 Å². The van der Waals surface area contributed by atoms with Crippen molar-refractivity contribution in [2.75, 3.05) is 18.9 Å². The summed E-state index contributed by atoms with van der Waals surface area (Å²) in [5.74, 6) is -0.458. The zero-order valence-corrected chi connectivity index (χ0v) is 17.4. The Balaban J connectivity index is 1.60. The van der Waals surface area contributed by atoms with Crippen LogP contribution < -0.4 is 5.32 Å². The van der Waals surface area contributed by atoms with E-state index in [0.717, 1.165) is 21.2 Å². The van der Waals surface area contributed by atoms with Crippen molar-refractivity contribution in [1.29, 1.82) is 0 Å². The van der Waals surface area contributed by atoms with E-state index in [1.54, 1.807) is 6.20 Å². The van der Waals surface area contributed by atoms with E-state index in [2.05, 4.69) is 10.3 Å². The number of carbonyl (C=O) groups excluding carboxylic acids is 1. The minimum absolute atomic E-state index is 0.0756. The molecule has 1 heterocycles. The number of sulfonamides is 1. The maximum Gasteiger partial charge on any atom is 0.243 e. The predicted octanol–water partition coefficient (Wildman–Crippen LogP) is 3.65. The van der Waals surface area contributed by atoms with Crippen molar-refractivity contribution in [2.24, 2.45) is 0 Å². The summed E-state index contributed by atoms with van der Waals surface area (Å²) in [5, 5.41) is 3.53. The highest BCUT2D eigenvalue weighted by Gasteiger charge is 2.23. The number of rotatable bonds is 7. The number of amides is 1. The lowest BCUT2D eigenvalue weighted by atomic mass is 10.1. The Bertz CT molecular complexity index is 1050. The standard InChI is InChI=1S/C19H18ClN3O3S2/c1-23(28(25,26)17-9-7-15(20)8-10-17)13-18(24)22-19-21-12-16(27-19)11-14-5-3-2-4-6-14/h2-10,12H,11,13H2,1H3,(H,21,22,24). The number of benzene rings is 2. The monoisotopic (exact) mass is 435 g/mol. The summed E-state index contributed by atoms with van der Waals surface area (Å²) in [6, 6.07) is 15.7. The lowest BCUT2D eigenvalue weighted by molar-refractivity contribution is -0.116. The molecule has 28 heavy (non-hydrogen) atoms. The van der Waals surface area contributed by atoms with Gasteiger partial charge in [-0.25, -0.2) is 13.4 Å². The van der Waals surface area contributed by atoms with Gasteiger partial charge >= 0.3 is 0 Å². The number of halogens is 1. The molecule has 0 aliphatic rings. The fraction of sp³-hybridized carbons (Fsp3) is 0.158. The lowest BCUT2D eigenvalue weighted by Crippen LogP contribution is -2.34. The van der Waals surface area contributed by atoms with Crippen LogP contribution in [-0.4, -0.2) is 37.2 Å². The second-order valence-corrected chi connectivity index (χ2v) is 9.65. The molecular weight excluding hydrogens is 418 g/mol. The van der Waals surface area contributed by atoms with Crippen molar-refractivity contribution < 1.29 is 13.2 Å². The van der Waals surface area contributed by atoms with E-state index < -0.39 is 15.9 Å². The van der Waals surface area contributed by atoms with Crippen LogP contribution in [0, 0.1) is 0 Å². The first-order valence-electron chi connectivity index (χ1n) is 8.35. The molecule has 6 nitrogen and oxygen atoms in total. The molecule has 0 radical (unpaired) electrons. The smallest absolute Gasteiger partial charge is 0.243 e. The summed E-state index contributed by atoms with van der Waals surface area (Å²) >= 11 is 7.15. The van der Waals surface area contributed by atoms with Gasteiger partial charge in [-0.15, -0.1) is 11.3 Å². The molecule has 146 valence electrons. The van der Waals surface area contributed by atoms with Crippen LogP contribution in [-0.2, 0) is 21.2 Å². The van der Waals surface area contributed by atoms with Gasteiger partial charge in [0.2, 0.25) is 15.9 Å². The van der Waals surface area contributed by atoms with Gasteiger partial charge in [0.1, 0.15) is 0 Å². The van der Waals surface area contributed by atoms with Crippen molar-refractivity contribution in [3.05, 3.63) is 76.3 Å². The van der Waals surface area contributed by atoms with Gasteiger partial charge < -0.3 is 5.32 Å². The summed E-state index contributed by atoms with van der Waals surface area (Å²) in [6.07, 6.45) is 2.43. The van der Waals surface area contributed by atoms with Gasteiger partial charge in [-0.2, -0.15) is 4.31 Å². The van der Waals surface area contributed by atoms with Gasteiger partial charge in [0.05, 0.1) is 11.4 Å². The molecule has 0 aliphatic heterocycles. The van der Waals surface area contributed by atoms with Crippen LogP contribution in [0.15, 0.2) is 65.7 Å². The summed E-state index contributed by atoms with van der Waals surface area (Å²) < 4.78 is 26.0. The van der Waals surface area contributed by atoms with Crippen LogP contribution in [0.4, 0.5) is 5.13 Å². The second kappa shape index (κ2) is 8.83. The van der Waals surface area contributed by atoms with Crippen LogP contribution in [0.1, 0.15) is 10.4 Å². The average Bonchev–Trinajstić information content (AvgIpc) is 3.09. The molecule has 3 rings (SSSR count). The third-order valence-corrected chi connectivity index (χ3v) is 6.89. The molecule has 3 aromatic rings. The van der Waals surface area contributed by atoms with E-state index in [1.807, 2.05) is 30.3 Å². The van der Waals surface area contributed by atoms with Crippen LogP contribution in [0.2, 0.25) is 5.02 Å². The van der Waals surface area contributed by atoms with E-state index in [1.165, 1.54) is 42.6 Å². The maximum absolute atomic E-state index is 12.5. The highest BCUT2D eigenvalue weighted by atomic mass is 35.5. The van der Waals surface area contributed by atoms with E-state index in [0.29, 0.717) is 10.2 Å². The van der Waals surface area contributed by atoms with Gasteiger partial charge in [-0.1, -0.05) is 41.9 Å². The minimum Gasteiger partial charge on any atom is -0.301 e. The molecule has 0 saturated heterocycles. The topological polar surface area (TPSA) is 79.4 Å². The Kier molecular flexibility index (Phi) is 6.46. The zero-order chi connectivity index (χ0) is 20.1. The van der Waals surface area contributed by atoms with Crippen molar-refractivity contribution >= 4 is 44.0 Å². The molecule has 2 aromatic carbocycles. The third kappa shape index (κ3) is 5.17. The molecular formula is C19H18ClN3O3S2. The first kappa shape index (κ1) is 20.5. The van der Waals surface area contributed by atoms with Gasteiger partial charge in [0.15, 0.2) is 5.13 Å². The molecule has 1 aromatic heterocycles. The molecule has 0 fully saturated rings. The zero-order valence-electron chi connectivity index (χ0n) is 15.0. The summed E-state index contributed by atoms with van der Waals surface area (Å²) in [4.78, 5) is 17.5. The summed E-state index contributed by atoms with van der Waals surface area (Å²) in [6.45, 7) is -0.321. The minimum atomic E-state index is -3.78. The number of hydrogen-bond donors (Lipinski definition) is 1. The molecule has 0 bridgehead atoms. The SMILES string of the molecule is CN(CC(=O)Nc1ncc(Cc2ccccc2)s1)S(=O)(=O)c1ccc(Cl)cc1. The number of anilines is 1. The number of nitrogens with zero attached hydrogens (tertiary/aromatic N) is 2. The van der Waals surface area contributed by atoms with Crippen molar-refractivity contribution in [3.8, 4) is 0 Å². The molecule has 0 unspecified atom stereocenters. The Morgan fingerprint density at radius 3 is 2.50 bits per heavy atom. The first-order valence-corrected chi connectivity index (χ1v) is 11.0. The number of likely N-dealkylation sites (N-methyl/N-ethyl adjacent to an activating group) is 1. The highest BCUT2D eigenvalue weighted by Crippen LogP contribution is 2.22. The molecule has 0 saturated carbocycles. The quantitative estimate of drug-likeness (QED) is 0.614. The largest absolute Gasteiger partial charge is 0.301 e.